The lowest BCUT2D eigenvalue weighted by atomic mass is 9.85. The Hall–Kier alpha value is -2.60. The summed E-state index contributed by atoms with van der Waals surface area (Å²) in [7, 11) is 1.28. The quantitative estimate of drug-likeness (QED) is 0.522. The summed E-state index contributed by atoms with van der Waals surface area (Å²) in [4.78, 5) is 29.0. The molecule has 0 amide bonds. The Kier molecular flexibility index (Phi) is 3.25. The van der Waals surface area contributed by atoms with E-state index in [4.69, 9.17) is 4.74 Å². The van der Waals surface area contributed by atoms with E-state index in [1.165, 1.54) is 7.11 Å². The molecule has 0 radical (unpaired) electrons. The van der Waals surface area contributed by atoms with E-state index in [2.05, 4.69) is 26.2 Å². The fourth-order valence-corrected chi connectivity index (χ4v) is 3.76. The highest BCUT2D eigenvalue weighted by atomic mass is 79.9. The van der Waals surface area contributed by atoms with E-state index in [-0.39, 0.29) is 5.78 Å². The standard InChI is InChI=1S/C18H13BrN2O3/c1-24-17(23)18(16(22)11-5-2-3-8-14(11)21-18)12-9-20-15-10(12)6-4-7-13(15)19/h2-9,20-21H,1H3. The monoisotopic (exact) mass is 384 g/mol. The number of nitrogens with one attached hydrogen (secondary N) is 2. The Balaban J connectivity index is 2.02. The number of ether oxygens (including phenoxy) is 1. The van der Waals surface area contributed by atoms with Gasteiger partial charge in [-0.1, -0.05) is 24.3 Å². The number of hydrogen-bond acceptors (Lipinski definition) is 4. The number of methoxy groups -OCH3 is 1. The smallest absolute Gasteiger partial charge is 0.344 e. The third-order valence-corrected chi connectivity index (χ3v) is 5.06. The fraction of sp³-hybridized carbons (Fsp3) is 0.111. The molecule has 2 N–H and O–H groups in total. The molecular formula is C18H13BrN2O3. The molecule has 1 aliphatic rings. The van der Waals surface area contributed by atoms with E-state index in [0.717, 1.165) is 15.4 Å². The highest BCUT2D eigenvalue weighted by Crippen LogP contribution is 2.43. The molecule has 1 atom stereocenters. The molecule has 6 heteroatoms. The van der Waals surface area contributed by atoms with Gasteiger partial charge in [-0.2, -0.15) is 0 Å². The summed E-state index contributed by atoms with van der Waals surface area (Å²) < 4.78 is 5.85. The normalized spacial score (nSPS) is 19.2. The van der Waals surface area contributed by atoms with Gasteiger partial charge in [0.1, 0.15) is 0 Å². The van der Waals surface area contributed by atoms with E-state index in [9.17, 15) is 9.59 Å². The van der Waals surface area contributed by atoms with Crippen molar-refractivity contribution >= 4 is 44.3 Å². The summed E-state index contributed by atoms with van der Waals surface area (Å²) in [6, 6.07) is 12.7. The molecule has 3 aromatic rings. The third-order valence-electron chi connectivity index (χ3n) is 4.39. The van der Waals surface area contributed by atoms with Gasteiger partial charge in [0.05, 0.1) is 12.6 Å². The van der Waals surface area contributed by atoms with Crippen molar-refractivity contribution in [1.82, 2.24) is 4.98 Å². The highest BCUT2D eigenvalue weighted by molar-refractivity contribution is 9.10. The van der Waals surface area contributed by atoms with Gasteiger partial charge in [-0.15, -0.1) is 0 Å². The number of carbonyl (C=O) groups excluding carboxylic acids is 2. The Morgan fingerprint density at radius 2 is 1.96 bits per heavy atom. The van der Waals surface area contributed by atoms with Crippen LogP contribution in [0.1, 0.15) is 15.9 Å². The molecule has 5 nitrogen and oxygen atoms in total. The van der Waals surface area contributed by atoms with Crippen molar-refractivity contribution in [2.24, 2.45) is 0 Å². The van der Waals surface area contributed by atoms with Gasteiger partial charge in [0.25, 0.3) is 0 Å². The first-order valence-corrected chi connectivity index (χ1v) is 8.15. The number of hydrogen-bond donors (Lipinski definition) is 2. The zero-order chi connectivity index (χ0) is 16.9. The van der Waals surface area contributed by atoms with Crippen molar-refractivity contribution in [2.75, 3.05) is 12.4 Å². The van der Waals surface area contributed by atoms with Crippen LogP contribution in [0.3, 0.4) is 0 Å². The van der Waals surface area contributed by atoms with Gasteiger partial charge in [0, 0.05) is 32.9 Å². The molecule has 0 saturated heterocycles. The van der Waals surface area contributed by atoms with E-state index >= 15 is 0 Å². The molecule has 24 heavy (non-hydrogen) atoms. The van der Waals surface area contributed by atoms with Crippen LogP contribution in [-0.2, 0) is 15.1 Å². The van der Waals surface area contributed by atoms with E-state index in [1.54, 1.807) is 24.4 Å². The van der Waals surface area contributed by atoms with Crippen LogP contribution in [0, 0.1) is 0 Å². The van der Waals surface area contributed by atoms with Gasteiger partial charge in [0.15, 0.2) is 0 Å². The molecular weight excluding hydrogens is 372 g/mol. The van der Waals surface area contributed by atoms with Crippen molar-refractivity contribution < 1.29 is 14.3 Å². The van der Waals surface area contributed by atoms with E-state index in [1.807, 2.05) is 24.3 Å². The first-order valence-electron chi connectivity index (χ1n) is 7.36. The lowest BCUT2D eigenvalue weighted by molar-refractivity contribution is -0.144. The molecule has 1 aromatic heterocycles. The van der Waals surface area contributed by atoms with E-state index < -0.39 is 11.5 Å². The number of benzene rings is 2. The molecule has 0 spiro atoms. The maximum atomic E-state index is 13.2. The predicted octanol–water partition coefficient (Wildman–Crippen LogP) is 3.61. The average Bonchev–Trinajstić information content (AvgIpc) is 3.16. The van der Waals surface area contributed by atoms with Crippen molar-refractivity contribution in [3.05, 3.63) is 64.3 Å². The average molecular weight is 385 g/mol. The minimum absolute atomic E-state index is 0.314. The molecule has 2 heterocycles. The van der Waals surface area contributed by atoms with Crippen molar-refractivity contribution in [1.29, 1.82) is 0 Å². The van der Waals surface area contributed by atoms with Crippen molar-refractivity contribution in [3.8, 4) is 0 Å². The van der Waals surface area contributed by atoms with Crippen molar-refractivity contribution in [2.45, 2.75) is 5.54 Å². The lowest BCUT2D eigenvalue weighted by Crippen LogP contribution is -2.47. The first-order chi connectivity index (χ1) is 11.6. The summed E-state index contributed by atoms with van der Waals surface area (Å²) in [6.45, 7) is 0. The summed E-state index contributed by atoms with van der Waals surface area (Å²) in [5.74, 6) is -0.949. The molecule has 2 aromatic carbocycles. The van der Waals surface area contributed by atoms with Gasteiger partial charge in [-0.3, -0.25) is 4.79 Å². The van der Waals surface area contributed by atoms with Crippen LogP contribution in [-0.4, -0.2) is 23.8 Å². The van der Waals surface area contributed by atoms with Gasteiger partial charge < -0.3 is 15.0 Å². The van der Waals surface area contributed by atoms with E-state index in [0.29, 0.717) is 16.8 Å². The highest BCUT2D eigenvalue weighted by Gasteiger charge is 2.55. The second-order valence-corrected chi connectivity index (χ2v) is 6.46. The first kappa shape index (κ1) is 15.0. The Bertz CT molecular complexity index is 995. The van der Waals surface area contributed by atoms with Crippen LogP contribution in [0.5, 0.6) is 0 Å². The van der Waals surface area contributed by atoms with Crippen LogP contribution in [0.4, 0.5) is 5.69 Å². The second-order valence-electron chi connectivity index (χ2n) is 5.61. The molecule has 0 fully saturated rings. The van der Waals surface area contributed by atoms with Crippen LogP contribution in [0.25, 0.3) is 10.9 Å². The zero-order valence-corrected chi connectivity index (χ0v) is 14.3. The predicted molar refractivity (Wildman–Crippen MR) is 94.1 cm³/mol. The maximum Gasteiger partial charge on any atom is 0.344 e. The molecule has 0 saturated carbocycles. The Morgan fingerprint density at radius 3 is 2.71 bits per heavy atom. The number of fused-ring (bicyclic) bond motifs is 2. The number of aromatic amines is 1. The van der Waals surface area contributed by atoms with Gasteiger partial charge in [0.2, 0.25) is 11.3 Å². The molecule has 1 aliphatic heterocycles. The number of esters is 1. The van der Waals surface area contributed by atoms with Gasteiger partial charge in [-0.25, -0.2) is 4.79 Å². The number of H-pyrrole nitrogens is 1. The summed E-state index contributed by atoms with van der Waals surface area (Å²) in [6.07, 6.45) is 1.68. The minimum atomic E-state index is -1.59. The van der Waals surface area contributed by atoms with Crippen LogP contribution in [0.15, 0.2) is 53.1 Å². The van der Waals surface area contributed by atoms with Gasteiger partial charge >= 0.3 is 5.97 Å². The molecule has 0 bridgehead atoms. The molecule has 1 unspecified atom stereocenters. The summed E-state index contributed by atoms with van der Waals surface area (Å²) in [5, 5.41) is 3.88. The van der Waals surface area contributed by atoms with Gasteiger partial charge in [-0.05, 0) is 34.1 Å². The minimum Gasteiger partial charge on any atom is -0.467 e. The lowest BCUT2D eigenvalue weighted by Gasteiger charge is -2.25. The van der Waals surface area contributed by atoms with Crippen LogP contribution in [0.2, 0.25) is 0 Å². The van der Waals surface area contributed by atoms with Crippen LogP contribution >= 0.6 is 15.9 Å². The van der Waals surface area contributed by atoms with Crippen molar-refractivity contribution in [3.63, 3.8) is 0 Å². The number of anilines is 1. The number of para-hydroxylation sites is 2. The Morgan fingerprint density at radius 1 is 1.17 bits per heavy atom. The number of rotatable bonds is 2. The summed E-state index contributed by atoms with van der Waals surface area (Å²) in [5.41, 5.74) is 0.884. The second kappa shape index (κ2) is 5.21. The maximum absolute atomic E-state index is 13.2. The zero-order valence-electron chi connectivity index (χ0n) is 12.7. The molecule has 4 rings (SSSR count). The van der Waals surface area contributed by atoms with Crippen LogP contribution < -0.4 is 5.32 Å². The number of ketones is 1. The Labute approximate surface area is 146 Å². The molecule has 120 valence electrons. The topological polar surface area (TPSA) is 71.2 Å². The SMILES string of the molecule is COC(=O)C1(c2c[nH]c3c(Br)cccc23)Nc2ccccc2C1=O. The number of carbonyl (C=O) groups is 2. The number of halogens is 1. The largest absolute Gasteiger partial charge is 0.467 e. The number of aromatic nitrogens is 1. The summed E-state index contributed by atoms with van der Waals surface area (Å²) >= 11 is 3.48. The third kappa shape index (κ3) is 1.80. The fourth-order valence-electron chi connectivity index (χ4n) is 3.27. The number of Topliss-reactive ketones (excluding diaryl/α,β-unsaturated/α-hetero) is 1. The molecule has 0 aliphatic carbocycles.